The quantitative estimate of drug-likeness (QED) is 0.502. The van der Waals surface area contributed by atoms with E-state index in [2.05, 4.69) is 0 Å². The summed E-state index contributed by atoms with van der Waals surface area (Å²) in [5.74, 6) is -2.90. The van der Waals surface area contributed by atoms with E-state index in [4.69, 9.17) is 23.7 Å². The van der Waals surface area contributed by atoms with Crippen LogP contribution in [0.25, 0.3) is 0 Å². The van der Waals surface area contributed by atoms with Crippen LogP contribution in [0, 0.1) is 5.92 Å². The Hall–Kier alpha value is -2.16. The van der Waals surface area contributed by atoms with E-state index in [1.54, 1.807) is 6.92 Å². The molecule has 2 heterocycles. The molecule has 0 aromatic heterocycles. The predicted molar refractivity (Wildman–Crippen MR) is 75.4 cm³/mol. The zero-order chi connectivity index (χ0) is 18.0. The van der Waals surface area contributed by atoms with E-state index >= 15 is 0 Å². The van der Waals surface area contributed by atoms with E-state index in [-0.39, 0.29) is 6.61 Å². The van der Waals surface area contributed by atoms with Gasteiger partial charge in [-0.15, -0.1) is 0 Å². The van der Waals surface area contributed by atoms with Crippen LogP contribution in [0.2, 0.25) is 0 Å². The molecule has 0 aromatic carbocycles. The fourth-order valence-corrected chi connectivity index (χ4v) is 2.85. The summed E-state index contributed by atoms with van der Waals surface area (Å²) in [7, 11) is 0. The summed E-state index contributed by atoms with van der Waals surface area (Å²) in [6.45, 7) is 5.00. The number of esters is 4. The van der Waals surface area contributed by atoms with Crippen LogP contribution in [0.3, 0.4) is 0 Å². The van der Waals surface area contributed by atoms with E-state index in [9.17, 15) is 19.2 Å². The first-order chi connectivity index (χ1) is 11.2. The van der Waals surface area contributed by atoms with Gasteiger partial charge < -0.3 is 23.7 Å². The molecule has 134 valence electrons. The maximum atomic E-state index is 11.8. The molecular weight excluding hydrogens is 324 g/mol. The highest BCUT2D eigenvalue weighted by Crippen LogP contribution is 2.37. The molecule has 2 fully saturated rings. The van der Waals surface area contributed by atoms with Crippen molar-refractivity contribution in [1.29, 1.82) is 0 Å². The molecule has 2 aliphatic heterocycles. The van der Waals surface area contributed by atoms with Gasteiger partial charge in [-0.25, -0.2) is 0 Å². The average molecular weight is 344 g/mol. The molecule has 0 N–H and O–H groups in total. The molecule has 2 rings (SSSR count). The second kappa shape index (κ2) is 7.16. The lowest BCUT2D eigenvalue weighted by Gasteiger charge is -2.42. The van der Waals surface area contributed by atoms with Crippen molar-refractivity contribution >= 4 is 23.9 Å². The van der Waals surface area contributed by atoms with Gasteiger partial charge >= 0.3 is 23.9 Å². The molecule has 0 aliphatic carbocycles. The van der Waals surface area contributed by atoms with Gasteiger partial charge in [0.25, 0.3) is 0 Å². The largest absolute Gasteiger partial charge is 0.463 e. The van der Waals surface area contributed by atoms with Crippen LogP contribution in [0.4, 0.5) is 0 Å². The van der Waals surface area contributed by atoms with Crippen LogP contribution in [0.5, 0.6) is 0 Å². The minimum atomic E-state index is -1.06. The van der Waals surface area contributed by atoms with Crippen molar-refractivity contribution in [2.45, 2.75) is 58.2 Å². The molecule has 0 amide bonds. The van der Waals surface area contributed by atoms with Gasteiger partial charge in [-0.05, 0) is 6.92 Å². The lowest BCUT2D eigenvalue weighted by atomic mass is 9.90. The Kier molecular flexibility index (Phi) is 5.43. The zero-order valence-corrected chi connectivity index (χ0v) is 13.8. The van der Waals surface area contributed by atoms with Gasteiger partial charge in [0.1, 0.15) is 18.8 Å². The summed E-state index contributed by atoms with van der Waals surface area (Å²) in [4.78, 5) is 45.8. The summed E-state index contributed by atoms with van der Waals surface area (Å²) < 4.78 is 26.4. The molecular formula is C15H20O9. The van der Waals surface area contributed by atoms with Crippen LogP contribution in [-0.2, 0) is 42.9 Å². The fraction of sp³-hybridized carbons (Fsp3) is 0.733. The third-order valence-corrected chi connectivity index (χ3v) is 3.84. The molecule has 2 aliphatic rings. The number of ether oxygens (including phenoxy) is 5. The molecule has 0 spiro atoms. The van der Waals surface area contributed by atoms with Crippen molar-refractivity contribution in [1.82, 2.24) is 0 Å². The Morgan fingerprint density at radius 2 is 1.54 bits per heavy atom. The van der Waals surface area contributed by atoms with Crippen LogP contribution in [0.15, 0.2) is 0 Å². The van der Waals surface area contributed by atoms with Crippen LogP contribution >= 0.6 is 0 Å². The summed E-state index contributed by atoms with van der Waals surface area (Å²) in [5.41, 5.74) is 0. The molecule has 9 nitrogen and oxygen atoms in total. The van der Waals surface area contributed by atoms with Crippen molar-refractivity contribution < 1.29 is 42.9 Å². The van der Waals surface area contributed by atoms with Gasteiger partial charge in [0, 0.05) is 20.8 Å². The Morgan fingerprint density at radius 3 is 2.08 bits per heavy atom. The lowest BCUT2D eigenvalue weighted by Crippen LogP contribution is -2.60. The van der Waals surface area contributed by atoms with Crippen LogP contribution in [0.1, 0.15) is 27.7 Å². The number of fused-ring (bicyclic) bond motifs is 1. The standard InChI is InChI=1S/C15H20O9/c1-6-11-13(24-15(6)19)14(22-9(4)18)12(21-8(3)17)10(23-11)5-20-7(2)16/h6,10-14H,5H2,1-4H3/t6?,10-,11?,12-,13?,14+/m1/s1. The highest BCUT2D eigenvalue weighted by molar-refractivity contribution is 5.76. The first kappa shape index (κ1) is 18.2. The van der Waals surface area contributed by atoms with Gasteiger partial charge in [0.2, 0.25) is 0 Å². The highest BCUT2D eigenvalue weighted by atomic mass is 16.7. The highest BCUT2D eigenvalue weighted by Gasteiger charge is 2.58. The Labute approximate surface area is 138 Å². The molecule has 24 heavy (non-hydrogen) atoms. The summed E-state index contributed by atoms with van der Waals surface area (Å²) in [6.07, 6.45) is -4.59. The van der Waals surface area contributed by atoms with Crippen molar-refractivity contribution in [2.75, 3.05) is 6.61 Å². The third kappa shape index (κ3) is 3.84. The molecule has 0 saturated carbocycles. The monoisotopic (exact) mass is 344 g/mol. The minimum absolute atomic E-state index is 0.213. The average Bonchev–Trinajstić information content (AvgIpc) is 2.74. The molecule has 0 radical (unpaired) electrons. The van der Waals surface area contributed by atoms with Crippen LogP contribution in [-0.4, -0.2) is 61.0 Å². The Balaban J connectivity index is 2.30. The van der Waals surface area contributed by atoms with E-state index in [0.29, 0.717) is 0 Å². The second-order valence-electron chi connectivity index (χ2n) is 5.78. The number of carbonyl (C=O) groups excluding carboxylic acids is 4. The molecule has 6 atom stereocenters. The maximum absolute atomic E-state index is 11.8. The first-order valence-electron chi connectivity index (χ1n) is 7.54. The fourth-order valence-electron chi connectivity index (χ4n) is 2.85. The summed E-state index contributed by atoms with van der Waals surface area (Å²) >= 11 is 0. The van der Waals surface area contributed by atoms with Crippen molar-refractivity contribution in [3.63, 3.8) is 0 Å². The zero-order valence-electron chi connectivity index (χ0n) is 13.8. The molecule has 0 aromatic rings. The van der Waals surface area contributed by atoms with Crippen LogP contribution < -0.4 is 0 Å². The number of hydrogen-bond donors (Lipinski definition) is 0. The topological polar surface area (TPSA) is 114 Å². The lowest BCUT2D eigenvalue weighted by molar-refractivity contribution is -0.239. The maximum Gasteiger partial charge on any atom is 0.311 e. The minimum Gasteiger partial charge on any atom is -0.463 e. The Morgan fingerprint density at radius 1 is 0.958 bits per heavy atom. The van der Waals surface area contributed by atoms with Gasteiger partial charge in [-0.3, -0.25) is 19.2 Å². The van der Waals surface area contributed by atoms with Crippen molar-refractivity contribution in [2.24, 2.45) is 5.92 Å². The van der Waals surface area contributed by atoms with E-state index in [1.165, 1.54) is 20.8 Å². The molecule has 2 saturated heterocycles. The van der Waals surface area contributed by atoms with Gasteiger partial charge in [0.15, 0.2) is 18.3 Å². The Bertz CT molecular complexity index is 543. The van der Waals surface area contributed by atoms with Gasteiger partial charge in [0.05, 0.1) is 5.92 Å². The van der Waals surface area contributed by atoms with E-state index < -0.39 is 60.3 Å². The normalized spacial score (nSPS) is 34.8. The van der Waals surface area contributed by atoms with Crippen molar-refractivity contribution in [3.8, 4) is 0 Å². The number of rotatable bonds is 4. The predicted octanol–water partition coefficient (Wildman–Crippen LogP) is -0.258. The molecule has 0 bridgehead atoms. The SMILES string of the molecule is CC(=O)OC[C@H]1OC2C(C)C(=O)OC2[C@@H](OC(C)=O)[C@@H]1OC(C)=O. The summed E-state index contributed by atoms with van der Waals surface area (Å²) in [5, 5.41) is 0. The first-order valence-corrected chi connectivity index (χ1v) is 7.54. The molecule has 3 unspecified atom stereocenters. The summed E-state index contributed by atoms with van der Waals surface area (Å²) in [6, 6.07) is 0. The number of hydrogen-bond acceptors (Lipinski definition) is 9. The van der Waals surface area contributed by atoms with E-state index in [0.717, 1.165) is 0 Å². The molecule has 9 heteroatoms. The smallest absolute Gasteiger partial charge is 0.311 e. The van der Waals surface area contributed by atoms with Gasteiger partial charge in [-0.2, -0.15) is 0 Å². The van der Waals surface area contributed by atoms with Gasteiger partial charge in [-0.1, -0.05) is 0 Å². The van der Waals surface area contributed by atoms with E-state index in [1.807, 2.05) is 0 Å². The number of carbonyl (C=O) groups is 4. The third-order valence-electron chi connectivity index (χ3n) is 3.84. The second-order valence-corrected chi connectivity index (χ2v) is 5.78. The van der Waals surface area contributed by atoms with Crippen molar-refractivity contribution in [3.05, 3.63) is 0 Å².